The van der Waals surface area contributed by atoms with Crippen LogP contribution in [0.4, 0.5) is 4.39 Å². The average molecular weight is 297 g/mol. The van der Waals surface area contributed by atoms with Crippen LogP contribution in [0.25, 0.3) is 0 Å². The number of hydrogen-bond donors (Lipinski definition) is 1. The van der Waals surface area contributed by atoms with Crippen molar-refractivity contribution in [1.29, 1.82) is 0 Å². The zero-order chi connectivity index (χ0) is 14.9. The lowest BCUT2D eigenvalue weighted by atomic mass is 10.0. The zero-order valence-corrected chi connectivity index (χ0v) is 12.1. The van der Waals surface area contributed by atoms with Gasteiger partial charge in [0.15, 0.2) is 5.69 Å². The first-order chi connectivity index (χ1) is 9.38. The molecule has 0 aliphatic rings. The van der Waals surface area contributed by atoms with Crippen LogP contribution in [0.2, 0.25) is 5.35 Å². The second kappa shape index (κ2) is 5.63. The zero-order valence-electron chi connectivity index (χ0n) is 11.3. The van der Waals surface area contributed by atoms with Gasteiger partial charge in [-0.05, 0) is 55.1 Å². The summed E-state index contributed by atoms with van der Waals surface area (Å²) in [6, 6.07) is 2.91. The Morgan fingerprint density at radius 2 is 2.15 bits per heavy atom. The molecule has 0 fully saturated rings. The first-order valence-electron chi connectivity index (χ1n) is 6.07. The minimum atomic E-state index is -0.424. The predicted molar refractivity (Wildman–Crippen MR) is 73.3 cm³/mol. The number of nitrogens with zero attached hydrogens (tertiary/aromatic N) is 1. The van der Waals surface area contributed by atoms with Gasteiger partial charge in [-0.15, -0.1) is 0 Å². The van der Waals surface area contributed by atoms with Crippen LogP contribution in [0.5, 0.6) is 0 Å². The second-order valence-electron chi connectivity index (χ2n) is 4.63. The summed E-state index contributed by atoms with van der Waals surface area (Å²) in [4.78, 5) is 15.6. The van der Waals surface area contributed by atoms with E-state index in [0.717, 1.165) is 5.56 Å². The molecule has 1 aromatic heterocycles. The van der Waals surface area contributed by atoms with Crippen molar-refractivity contribution in [3.05, 3.63) is 51.9 Å². The number of halogens is 2. The van der Waals surface area contributed by atoms with Crippen LogP contribution in [0.3, 0.4) is 0 Å². The number of carbonyl (C=O) groups is 1. The highest BCUT2D eigenvalue weighted by Crippen LogP contribution is 2.20. The van der Waals surface area contributed by atoms with Crippen LogP contribution >= 0.6 is 11.6 Å². The smallest absolute Gasteiger partial charge is 0.292 e. The standard InChI is InChI=1S/C14H14ClFN2O2/c1-7-4-10(5-11(16)8(7)2)9(3)17-13(19)12-6-20-14(15)18-12/h4-6,9H,1-3H3,(H,17,19). The molecule has 20 heavy (non-hydrogen) atoms. The van der Waals surface area contributed by atoms with Crippen LogP contribution in [-0.4, -0.2) is 10.9 Å². The molecule has 0 radical (unpaired) electrons. The molecule has 2 aromatic rings. The summed E-state index contributed by atoms with van der Waals surface area (Å²) < 4.78 is 18.5. The van der Waals surface area contributed by atoms with Crippen molar-refractivity contribution in [1.82, 2.24) is 10.3 Å². The number of benzene rings is 1. The van der Waals surface area contributed by atoms with E-state index < -0.39 is 5.91 Å². The summed E-state index contributed by atoms with van der Waals surface area (Å²) in [5.74, 6) is -0.711. The topological polar surface area (TPSA) is 55.1 Å². The highest BCUT2D eigenvalue weighted by Gasteiger charge is 2.16. The minimum Gasteiger partial charge on any atom is -0.435 e. The Morgan fingerprint density at radius 3 is 2.70 bits per heavy atom. The summed E-state index contributed by atoms with van der Waals surface area (Å²) >= 11 is 5.51. The highest BCUT2D eigenvalue weighted by molar-refractivity contribution is 6.27. The number of aryl methyl sites for hydroxylation is 1. The van der Waals surface area contributed by atoms with Crippen LogP contribution < -0.4 is 5.32 Å². The second-order valence-corrected chi connectivity index (χ2v) is 4.95. The third-order valence-electron chi connectivity index (χ3n) is 3.18. The van der Waals surface area contributed by atoms with E-state index in [9.17, 15) is 9.18 Å². The average Bonchev–Trinajstić information content (AvgIpc) is 2.82. The third kappa shape index (κ3) is 2.99. The van der Waals surface area contributed by atoms with E-state index in [1.54, 1.807) is 13.8 Å². The van der Waals surface area contributed by atoms with E-state index in [2.05, 4.69) is 10.3 Å². The van der Waals surface area contributed by atoms with Crippen LogP contribution in [0.15, 0.2) is 22.8 Å². The monoisotopic (exact) mass is 296 g/mol. The summed E-state index contributed by atoms with van der Waals surface area (Å²) in [5, 5.41) is 2.62. The quantitative estimate of drug-likeness (QED) is 0.942. The van der Waals surface area contributed by atoms with Crippen molar-refractivity contribution >= 4 is 17.5 Å². The van der Waals surface area contributed by atoms with Gasteiger partial charge in [-0.3, -0.25) is 4.79 Å². The maximum absolute atomic E-state index is 13.7. The summed E-state index contributed by atoms with van der Waals surface area (Å²) in [7, 11) is 0. The Kier molecular flexibility index (Phi) is 4.09. The first kappa shape index (κ1) is 14.5. The van der Waals surface area contributed by atoms with Crippen molar-refractivity contribution in [2.45, 2.75) is 26.8 Å². The third-order valence-corrected chi connectivity index (χ3v) is 3.36. The highest BCUT2D eigenvalue weighted by atomic mass is 35.5. The van der Waals surface area contributed by atoms with Crippen molar-refractivity contribution in [3.63, 3.8) is 0 Å². The molecule has 0 bridgehead atoms. The number of oxazole rings is 1. The van der Waals surface area contributed by atoms with Gasteiger partial charge in [0.05, 0.1) is 6.04 Å². The molecule has 1 N–H and O–H groups in total. The number of amides is 1. The van der Waals surface area contributed by atoms with E-state index in [-0.39, 0.29) is 22.9 Å². The van der Waals surface area contributed by atoms with Gasteiger partial charge in [0.1, 0.15) is 12.1 Å². The Labute approximate surface area is 121 Å². The van der Waals surface area contributed by atoms with Gasteiger partial charge in [0.25, 0.3) is 11.3 Å². The molecule has 1 atom stereocenters. The Morgan fingerprint density at radius 1 is 1.45 bits per heavy atom. The maximum Gasteiger partial charge on any atom is 0.292 e. The number of nitrogens with one attached hydrogen (secondary N) is 1. The van der Waals surface area contributed by atoms with E-state index >= 15 is 0 Å². The molecule has 1 heterocycles. The molecule has 106 valence electrons. The maximum atomic E-state index is 13.7. The Bertz CT molecular complexity index is 631. The van der Waals surface area contributed by atoms with Crippen molar-refractivity contribution in [3.8, 4) is 0 Å². The van der Waals surface area contributed by atoms with E-state index in [0.29, 0.717) is 11.1 Å². The van der Waals surface area contributed by atoms with Crippen molar-refractivity contribution in [2.75, 3.05) is 0 Å². The molecule has 1 aromatic carbocycles. The lowest BCUT2D eigenvalue weighted by Gasteiger charge is -2.15. The van der Waals surface area contributed by atoms with Crippen molar-refractivity contribution in [2.24, 2.45) is 0 Å². The SMILES string of the molecule is Cc1cc(C(C)NC(=O)c2coc(Cl)n2)cc(F)c1C. The van der Waals surface area contributed by atoms with Crippen LogP contribution in [0, 0.1) is 19.7 Å². The van der Waals surface area contributed by atoms with Gasteiger partial charge in [-0.1, -0.05) is 6.07 Å². The lowest BCUT2D eigenvalue weighted by molar-refractivity contribution is 0.0934. The molecule has 0 saturated carbocycles. The van der Waals surface area contributed by atoms with Crippen LogP contribution in [-0.2, 0) is 0 Å². The molecular formula is C14H14ClFN2O2. The Hall–Kier alpha value is -1.88. The largest absolute Gasteiger partial charge is 0.435 e. The number of aromatic nitrogens is 1. The fourth-order valence-corrected chi connectivity index (χ4v) is 1.94. The molecule has 0 aliphatic heterocycles. The van der Waals surface area contributed by atoms with E-state index in [1.807, 2.05) is 13.0 Å². The Balaban J connectivity index is 2.16. The van der Waals surface area contributed by atoms with E-state index in [1.165, 1.54) is 12.3 Å². The molecule has 0 saturated heterocycles. The van der Waals surface area contributed by atoms with Crippen LogP contribution in [0.1, 0.15) is 40.1 Å². The lowest BCUT2D eigenvalue weighted by Crippen LogP contribution is -2.27. The van der Waals surface area contributed by atoms with Crippen molar-refractivity contribution < 1.29 is 13.6 Å². The van der Waals surface area contributed by atoms with Gasteiger partial charge >= 0.3 is 0 Å². The summed E-state index contributed by atoms with van der Waals surface area (Å²) in [6.07, 6.45) is 1.17. The fourth-order valence-electron chi connectivity index (χ4n) is 1.80. The molecule has 0 aliphatic carbocycles. The summed E-state index contributed by atoms with van der Waals surface area (Å²) in [6.45, 7) is 5.31. The van der Waals surface area contributed by atoms with Gasteiger partial charge in [0, 0.05) is 0 Å². The molecule has 2 rings (SSSR count). The molecule has 1 amide bonds. The van der Waals surface area contributed by atoms with Gasteiger partial charge in [-0.2, -0.15) is 4.98 Å². The minimum absolute atomic E-state index is 0.0890. The predicted octanol–water partition coefficient (Wildman–Crippen LogP) is 3.57. The number of hydrogen-bond acceptors (Lipinski definition) is 3. The van der Waals surface area contributed by atoms with Gasteiger partial charge < -0.3 is 9.73 Å². The molecular weight excluding hydrogens is 283 g/mol. The van der Waals surface area contributed by atoms with E-state index in [4.69, 9.17) is 16.0 Å². The van der Waals surface area contributed by atoms with Gasteiger partial charge in [-0.25, -0.2) is 4.39 Å². The van der Waals surface area contributed by atoms with Gasteiger partial charge in [0.2, 0.25) is 0 Å². The molecule has 0 spiro atoms. The number of rotatable bonds is 3. The first-order valence-corrected chi connectivity index (χ1v) is 6.45. The summed E-state index contributed by atoms with van der Waals surface area (Å²) in [5.41, 5.74) is 2.22. The normalized spacial score (nSPS) is 12.2. The molecule has 6 heteroatoms. The molecule has 4 nitrogen and oxygen atoms in total. The number of carbonyl (C=O) groups excluding carboxylic acids is 1. The fraction of sp³-hybridized carbons (Fsp3) is 0.286. The molecule has 1 unspecified atom stereocenters.